The largest absolute Gasteiger partial charge is 0.352 e. The van der Waals surface area contributed by atoms with Gasteiger partial charge in [-0.05, 0) is 37.5 Å². The van der Waals surface area contributed by atoms with Gasteiger partial charge in [-0.2, -0.15) is 0 Å². The molecule has 104 valence electrons. The van der Waals surface area contributed by atoms with Crippen LogP contribution in [0.2, 0.25) is 0 Å². The number of carbonyl (C=O) groups is 1. The maximum Gasteiger partial charge on any atom is 0.234 e. The van der Waals surface area contributed by atoms with E-state index in [4.69, 9.17) is 0 Å². The van der Waals surface area contributed by atoms with Gasteiger partial charge in [0, 0.05) is 24.5 Å². The van der Waals surface area contributed by atoms with Crippen molar-refractivity contribution in [1.29, 1.82) is 0 Å². The van der Waals surface area contributed by atoms with E-state index >= 15 is 0 Å². The minimum Gasteiger partial charge on any atom is -0.352 e. The standard InChI is InChI=1S/C15H23N3O/c1-12(13-7-9-16-10-8-13)17-11-15(19)18-14-5-3-2-4-6-14/h7-10,12,14,17H,2-6,11H2,1H3,(H,18,19). The lowest BCUT2D eigenvalue weighted by Crippen LogP contribution is -2.41. The molecule has 0 bridgehead atoms. The summed E-state index contributed by atoms with van der Waals surface area (Å²) >= 11 is 0. The topological polar surface area (TPSA) is 54.0 Å². The van der Waals surface area contributed by atoms with Crippen LogP contribution in [0.4, 0.5) is 0 Å². The summed E-state index contributed by atoms with van der Waals surface area (Å²) in [5.74, 6) is 0.104. The van der Waals surface area contributed by atoms with Crippen molar-refractivity contribution in [3.05, 3.63) is 30.1 Å². The van der Waals surface area contributed by atoms with E-state index in [-0.39, 0.29) is 11.9 Å². The molecule has 1 aliphatic rings. The van der Waals surface area contributed by atoms with Gasteiger partial charge in [0.15, 0.2) is 0 Å². The van der Waals surface area contributed by atoms with Crippen LogP contribution in [-0.2, 0) is 4.79 Å². The van der Waals surface area contributed by atoms with Crippen molar-refractivity contribution in [1.82, 2.24) is 15.6 Å². The third-order valence-corrected chi connectivity index (χ3v) is 3.75. The number of hydrogen-bond donors (Lipinski definition) is 2. The highest BCUT2D eigenvalue weighted by molar-refractivity contribution is 5.78. The van der Waals surface area contributed by atoms with Crippen LogP contribution < -0.4 is 10.6 Å². The summed E-state index contributed by atoms with van der Waals surface area (Å²) in [7, 11) is 0. The first-order valence-electron chi connectivity index (χ1n) is 7.18. The van der Waals surface area contributed by atoms with Crippen molar-refractivity contribution >= 4 is 5.91 Å². The normalized spacial score (nSPS) is 17.9. The van der Waals surface area contributed by atoms with Crippen LogP contribution >= 0.6 is 0 Å². The van der Waals surface area contributed by atoms with E-state index in [2.05, 4.69) is 22.5 Å². The van der Waals surface area contributed by atoms with Crippen LogP contribution in [0.15, 0.2) is 24.5 Å². The number of pyridine rings is 1. The summed E-state index contributed by atoms with van der Waals surface area (Å²) in [4.78, 5) is 15.9. The second kappa shape index (κ2) is 7.24. The summed E-state index contributed by atoms with van der Waals surface area (Å²) in [5.41, 5.74) is 1.15. The van der Waals surface area contributed by atoms with Crippen LogP contribution in [0, 0.1) is 0 Å². The van der Waals surface area contributed by atoms with Gasteiger partial charge < -0.3 is 10.6 Å². The van der Waals surface area contributed by atoms with E-state index in [1.807, 2.05) is 12.1 Å². The lowest BCUT2D eigenvalue weighted by molar-refractivity contribution is -0.121. The van der Waals surface area contributed by atoms with Crippen molar-refractivity contribution in [3.63, 3.8) is 0 Å². The fraction of sp³-hybridized carbons (Fsp3) is 0.600. The molecule has 1 amide bonds. The molecule has 4 nitrogen and oxygen atoms in total. The summed E-state index contributed by atoms with van der Waals surface area (Å²) < 4.78 is 0. The first-order valence-corrected chi connectivity index (χ1v) is 7.18. The van der Waals surface area contributed by atoms with Gasteiger partial charge in [0.2, 0.25) is 5.91 Å². The van der Waals surface area contributed by atoms with E-state index < -0.39 is 0 Å². The Morgan fingerprint density at radius 1 is 1.32 bits per heavy atom. The van der Waals surface area contributed by atoms with Crippen molar-refractivity contribution in [2.24, 2.45) is 0 Å². The van der Waals surface area contributed by atoms with Gasteiger partial charge >= 0.3 is 0 Å². The Hall–Kier alpha value is -1.42. The molecule has 2 rings (SSSR count). The van der Waals surface area contributed by atoms with Gasteiger partial charge in [0.05, 0.1) is 6.54 Å². The minimum atomic E-state index is 0.104. The molecule has 2 N–H and O–H groups in total. The lowest BCUT2D eigenvalue weighted by atomic mass is 9.95. The predicted molar refractivity (Wildman–Crippen MR) is 75.7 cm³/mol. The zero-order chi connectivity index (χ0) is 13.5. The smallest absolute Gasteiger partial charge is 0.234 e. The van der Waals surface area contributed by atoms with Crippen LogP contribution in [-0.4, -0.2) is 23.5 Å². The molecule has 1 aromatic rings. The molecule has 1 aromatic heterocycles. The predicted octanol–water partition coefficient (Wildman–Crippen LogP) is 2.18. The van der Waals surface area contributed by atoms with Crippen LogP contribution in [0.5, 0.6) is 0 Å². The molecule has 4 heteroatoms. The highest BCUT2D eigenvalue weighted by Crippen LogP contribution is 2.17. The average molecular weight is 261 g/mol. The van der Waals surface area contributed by atoms with Crippen molar-refractivity contribution in [2.75, 3.05) is 6.54 Å². The van der Waals surface area contributed by atoms with Crippen molar-refractivity contribution in [2.45, 2.75) is 51.1 Å². The first kappa shape index (κ1) is 14.0. The van der Waals surface area contributed by atoms with Gasteiger partial charge in [-0.15, -0.1) is 0 Å². The number of nitrogens with one attached hydrogen (secondary N) is 2. The average Bonchev–Trinajstić information content (AvgIpc) is 2.47. The Labute approximate surface area is 115 Å². The molecule has 1 saturated carbocycles. The van der Waals surface area contributed by atoms with Gasteiger partial charge in [-0.25, -0.2) is 0 Å². The van der Waals surface area contributed by atoms with Crippen LogP contribution in [0.3, 0.4) is 0 Å². The maximum atomic E-state index is 11.9. The van der Waals surface area contributed by atoms with Gasteiger partial charge in [-0.1, -0.05) is 19.3 Å². The summed E-state index contributed by atoms with van der Waals surface area (Å²) in [6.07, 6.45) is 9.60. The second-order valence-corrected chi connectivity index (χ2v) is 5.29. The molecular weight excluding hydrogens is 238 g/mol. The molecule has 1 aliphatic carbocycles. The van der Waals surface area contributed by atoms with Crippen molar-refractivity contribution in [3.8, 4) is 0 Å². The lowest BCUT2D eigenvalue weighted by Gasteiger charge is -2.23. The number of carbonyl (C=O) groups excluding carboxylic acids is 1. The van der Waals surface area contributed by atoms with E-state index in [1.165, 1.54) is 19.3 Å². The number of nitrogens with zero attached hydrogens (tertiary/aromatic N) is 1. The third kappa shape index (κ3) is 4.63. The van der Waals surface area contributed by atoms with Crippen LogP contribution in [0.1, 0.15) is 50.6 Å². The molecule has 1 unspecified atom stereocenters. The maximum absolute atomic E-state index is 11.9. The molecule has 19 heavy (non-hydrogen) atoms. The number of hydrogen-bond acceptors (Lipinski definition) is 3. The Morgan fingerprint density at radius 3 is 2.68 bits per heavy atom. The molecule has 0 aromatic carbocycles. The zero-order valence-electron chi connectivity index (χ0n) is 11.6. The van der Waals surface area contributed by atoms with Gasteiger partial charge in [0.25, 0.3) is 0 Å². The van der Waals surface area contributed by atoms with Crippen molar-refractivity contribution < 1.29 is 4.79 Å². The van der Waals surface area contributed by atoms with Gasteiger partial charge in [-0.3, -0.25) is 9.78 Å². The first-order chi connectivity index (χ1) is 9.25. The number of aromatic nitrogens is 1. The molecule has 1 fully saturated rings. The highest BCUT2D eigenvalue weighted by Gasteiger charge is 2.15. The van der Waals surface area contributed by atoms with Crippen LogP contribution in [0.25, 0.3) is 0 Å². The Bertz CT molecular complexity index is 388. The zero-order valence-corrected chi connectivity index (χ0v) is 11.6. The fourth-order valence-electron chi connectivity index (χ4n) is 2.54. The Morgan fingerprint density at radius 2 is 2.00 bits per heavy atom. The molecule has 0 spiro atoms. The molecule has 1 heterocycles. The Balaban J connectivity index is 1.71. The third-order valence-electron chi connectivity index (χ3n) is 3.75. The summed E-state index contributed by atoms with van der Waals surface area (Å²) in [6, 6.07) is 4.49. The molecule has 0 aliphatic heterocycles. The van der Waals surface area contributed by atoms with E-state index in [1.54, 1.807) is 12.4 Å². The monoisotopic (exact) mass is 261 g/mol. The van der Waals surface area contributed by atoms with E-state index in [0.29, 0.717) is 12.6 Å². The summed E-state index contributed by atoms with van der Waals surface area (Å²) in [5, 5.41) is 6.36. The summed E-state index contributed by atoms with van der Waals surface area (Å²) in [6.45, 7) is 2.43. The SMILES string of the molecule is CC(NCC(=O)NC1CCCCC1)c1ccncc1. The second-order valence-electron chi connectivity index (χ2n) is 5.29. The van der Waals surface area contributed by atoms with Gasteiger partial charge in [0.1, 0.15) is 0 Å². The van der Waals surface area contributed by atoms with E-state index in [9.17, 15) is 4.79 Å². The minimum absolute atomic E-state index is 0.104. The molecule has 0 saturated heterocycles. The highest BCUT2D eigenvalue weighted by atomic mass is 16.1. The number of rotatable bonds is 5. The Kier molecular flexibility index (Phi) is 5.33. The molecule has 1 atom stereocenters. The quantitative estimate of drug-likeness (QED) is 0.854. The number of amides is 1. The molecular formula is C15H23N3O. The fourth-order valence-corrected chi connectivity index (χ4v) is 2.54. The molecule has 0 radical (unpaired) electrons. The van der Waals surface area contributed by atoms with E-state index in [0.717, 1.165) is 18.4 Å².